The van der Waals surface area contributed by atoms with Gasteiger partial charge in [0.05, 0.1) is 29.5 Å². The van der Waals surface area contributed by atoms with Crippen LogP contribution in [0.25, 0.3) is 55.7 Å². The molecule has 0 atom stereocenters. The molecular weight excluding hydrogens is 621 g/mol. The average molecular weight is 654 g/mol. The lowest BCUT2D eigenvalue weighted by Gasteiger charge is -2.21. The third-order valence-electron chi connectivity index (χ3n) is 8.28. The lowest BCUT2D eigenvalue weighted by Crippen LogP contribution is -2.30. The van der Waals surface area contributed by atoms with Crippen molar-refractivity contribution in [3.63, 3.8) is 0 Å². The summed E-state index contributed by atoms with van der Waals surface area (Å²) in [6.45, 7) is 1.84. The molecule has 1 aromatic carbocycles. The molecule has 1 aliphatic heterocycles. The number of rotatable bonds is 9. The lowest BCUT2D eigenvalue weighted by atomic mass is 9.94. The van der Waals surface area contributed by atoms with Crippen molar-refractivity contribution in [1.29, 1.82) is 0 Å². The van der Waals surface area contributed by atoms with Crippen LogP contribution in [0.15, 0.2) is 67.3 Å². The molecule has 0 unspecified atom stereocenters. The molecule has 5 aromatic heterocycles. The molecule has 6 aromatic rings. The quantitative estimate of drug-likeness (QED) is 0.149. The fraction of sp³-hybridized carbons (Fsp3) is 0.242. The second-order valence-electron chi connectivity index (χ2n) is 11.8. The minimum Gasteiger partial charge on any atom is -0.353 e. The van der Waals surface area contributed by atoms with Crippen LogP contribution in [0.4, 0.5) is 10.1 Å². The van der Waals surface area contributed by atoms with Crippen LogP contribution in [0.1, 0.15) is 24.8 Å². The van der Waals surface area contributed by atoms with E-state index in [-0.39, 0.29) is 12.5 Å². The van der Waals surface area contributed by atoms with Crippen molar-refractivity contribution in [1.82, 2.24) is 40.2 Å². The molecular formula is C33H32FN9O3S. The Kier molecular flexibility index (Phi) is 8.22. The van der Waals surface area contributed by atoms with E-state index >= 15 is 0 Å². The average Bonchev–Trinajstić information content (AvgIpc) is 3.68. The number of hydrogen-bond acceptors (Lipinski definition) is 8. The van der Waals surface area contributed by atoms with Gasteiger partial charge in [0, 0.05) is 64.5 Å². The molecule has 240 valence electrons. The number of H-pyrrole nitrogens is 2. The number of nitrogens with zero attached hydrogens (tertiary/aromatic N) is 4. The molecule has 12 nitrogen and oxygen atoms in total. The van der Waals surface area contributed by atoms with Crippen molar-refractivity contribution in [3.8, 4) is 33.8 Å². The van der Waals surface area contributed by atoms with Crippen LogP contribution in [0.3, 0.4) is 0 Å². The predicted octanol–water partition coefficient (Wildman–Crippen LogP) is 4.75. The highest BCUT2D eigenvalue weighted by atomic mass is 32.2. The molecule has 0 saturated carbocycles. The minimum atomic E-state index is -3.45. The van der Waals surface area contributed by atoms with Crippen molar-refractivity contribution >= 4 is 43.6 Å². The summed E-state index contributed by atoms with van der Waals surface area (Å²) in [6, 6.07) is 12.0. The van der Waals surface area contributed by atoms with Gasteiger partial charge in [0.25, 0.3) is 0 Å². The molecule has 1 amide bonds. The van der Waals surface area contributed by atoms with Crippen LogP contribution in [0, 0.1) is 11.7 Å². The van der Waals surface area contributed by atoms with Gasteiger partial charge in [-0.25, -0.2) is 22.5 Å². The van der Waals surface area contributed by atoms with E-state index in [1.165, 1.54) is 12.1 Å². The molecule has 0 aliphatic carbocycles. The van der Waals surface area contributed by atoms with Gasteiger partial charge in [-0.1, -0.05) is 0 Å². The number of piperidine rings is 1. The highest BCUT2D eigenvalue weighted by Gasteiger charge is 2.19. The SMILES string of the molecule is CS(=O)(=O)NCc1cc(F)cc(-c2nccc3[nH]c(-c4n[nH]c5ncc(-c6cncc(NC(=O)CC7CCNCC7)c6)cc45)cc23)c1. The molecule has 14 heteroatoms. The van der Waals surface area contributed by atoms with E-state index in [1.54, 1.807) is 30.9 Å². The summed E-state index contributed by atoms with van der Waals surface area (Å²) >= 11 is 0. The first kappa shape index (κ1) is 30.6. The Bertz CT molecular complexity index is 2230. The first-order valence-corrected chi connectivity index (χ1v) is 17.1. The summed E-state index contributed by atoms with van der Waals surface area (Å²) in [7, 11) is -3.45. The van der Waals surface area contributed by atoms with Crippen molar-refractivity contribution in [2.24, 2.45) is 5.92 Å². The van der Waals surface area contributed by atoms with E-state index in [9.17, 15) is 17.6 Å². The van der Waals surface area contributed by atoms with Crippen LogP contribution in [-0.2, 0) is 21.4 Å². The first-order chi connectivity index (χ1) is 22.7. The number of amides is 1. The minimum absolute atomic E-state index is 0.0192. The maximum absolute atomic E-state index is 14.6. The van der Waals surface area contributed by atoms with Gasteiger partial charge in [0.15, 0.2) is 5.65 Å². The fourth-order valence-electron chi connectivity index (χ4n) is 6.01. The van der Waals surface area contributed by atoms with Crippen molar-refractivity contribution in [2.75, 3.05) is 24.7 Å². The van der Waals surface area contributed by atoms with Crippen molar-refractivity contribution in [2.45, 2.75) is 25.8 Å². The number of aromatic amines is 2. The van der Waals surface area contributed by atoms with E-state index in [2.05, 4.69) is 45.5 Å². The molecule has 1 saturated heterocycles. The summed E-state index contributed by atoms with van der Waals surface area (Å²) in [5.74, 6) is -0.140. The molecule has 0 spiro atoms. The zero-order valence-electron chi connectivity index (χ0n) is 25.5. The highest BCUT2D eigenvalue weighted by Crippen LogP contribution is 2.34. The first-order valence-electron chi connectivity index (χ1n) is 15.2. The second kappa shape index (κ2) is 12.6. The number of fused-ring (bicyclic) bond motifs is 2. The van der Waals surface area contributed by atoms with Gasteiger partial charge in [0.1, 0.15) is 11.5 Å². The summed E-state index contributed by atoms with van der Waals surface area (Å²) < 4.78 is 40.2. The van der Waals surface area contributed by atoms with Crippen LogP contribution < -0.4 is 15.4 Å². The zero-order valence-corrected chi connectivity index (χ0v) is 26.3. The van der Waals surface area contributed by atoms with Gasteiger partial charge in [-0.05, 0) is 79.9 Å². The number of carbonyl (C=O) groups is 1. The number of aromatic nitrogens is 6. The van der Waals surface area contributed by atoms with E-state index in [0.29, 0.717) is 51.9 Å². The Morgan fingerprint density at radius 1 is 0.957 bits per heavy atom. The fourth-order valence-corrected chi connectivity index (χ4v) is 6.44. The smallest absolute Gasteiger partial charge is 0.224 e. The lowest BCUT2D eigenvalue weighted by molar-refractivity contribution is -0.117. The van der Waals surface area contributed by atoms with E-state index in [1.807, 2.05) is 24.3 Å². The Labute approximate surface area is 269 Å². The molecule has 7 rings (SSSR count). The summed E-state index contributed by atoms with van der Waals surface area (Å²) in [5.41, 5.74) is 6.42. The molecule has 0 bridgehead atoms. The van der Waals surface area contributed by atoms with Gasteiger partial charge in [-0.3, -0.25) is 19.9 Å². The van der Waals surface area contributed by atoms with E-state index in [0.717, 1.165) is 59.6 Å². The van der Waals surface area contributed by atoms with E-state index in [4.69, 9.17) is 0 Å². The zero-order chi connectivity index (χ0) is 32.5. The molecule has 5 N–H and O–H groups in total. The number of pyridine rings is 3. The topological polar surface area (TPSA) is 170 Å². The third-order valence-corrected chi connectivity index (χ3v) is 8.95. The van der Waals surface area contributed by atoms with Crippen LogP contribution in [0.2, 0.25) is 0 Å². The Morgan fingerprint density at radius 2 is 1.79 bits per heavy atom. The van der Waals surface area contributed by atoms with Crippen LogP contribution in [-0.4, -0.2) is 63.8 Å². The maximum atomic E-state index is 14.6. The van der Waals surface area contributed by atoms with Crippen LogP contribution in [0.5, 0.6) is 0 Å². The Morgan fingerprint density at radius 3 is 2.62 bits per heavy atom. The Hall–Kier alpha value is -5.05. The normalized spacial score (nSPS) is 14.2. The van der Waals surface area contributed by atoms with Gasteiger partial charge >= 0.3 is 0 Å². The number of sulfonamides is 1. The summed E-state index contributed by atoms with van der Waals surface area (Å²) in [4.78, 5) is 29.6. The predicted molar refractivity (Wildman–Crippen MR) is 178 cm³/mol. The number of nitrogens with one attached hydrogen (secondary N) is 5. The maximum Gasteiger partial charge on any atom is 0.224 e. The number of benzene rings is 1. The second-order valence-corrected chi connectivity index (χ2v) is 13.7. The number of halogens is 1. The van der Waals surface area contributed by atoms with E-state index < -0.39 is 15.8 Å². The van der Waals surface area contributed by atoms with Gasteiger partial charge < -0.3 is 15.6 Å². The number of anilines is 1. The standard InChI is InChI=1S/C33H32FN9O3S/c1-47(45,46)39-15-20-8-21(11-24(34)9-20)31-26-14-29(41-28(26)4-7-37-31)32-27-13-23(17-38-33(27)43-42-32)22-12-25(18-36-16-22)40-30(44)10-19-2-5-35-6-3-19/h4,7-9,11-14,16-19,35,39,41H,2-3,5-6,10,15H2,1H3,(H,40,44)(H,38,42,43). The van der Waals surface area contributed by atoms with Gasteiger partial charge in [-0.15, -0.1) is 0 Å². The molecule has 47 heavy (non-hydrogen) atoms. The highest BCUT2D eigenvalue weighted by molar-refractivity contribution is 7.88. The number of carbonyl (C=O) groups excluding carboxylic acids is 1. The monoisotopic (exact) mass is 653 g/mol. The largest absolute Gasteiger partial charge is 0.353 e. The molecule has 1 fully saturated rings. The third kappa shape index (κ3) is 6.89. The molecule has 1 aliphatic rings. The molecule has 0 radical (unpaired) electrons. The molecule has 6 heterocycles. The summed E-state index contributed by atoms with van der Waals surface area (Å²) in [6.07, 6.45) is 10.3. The summed E-state index contributed by atoms with van der Waals surface area (Å²) in [5, 5.41) is 15.4. The van der Waals surface area contributed by atoms with Crippen LogP contribution >= 0.6 is 0 Å². The van der Waals surface area contributed by atoms with Crippen molar-refractivity contribution in [3.05, 3.63) is 78.6 Å². The Balaban J connectivity index is 1.18. The van der Waals surface area contributed by atoms with Gasteiger partial charge in [-0.2, -0.15) is 5.10 Å². The number of hydrogen-bond donors (Lipinski definition) is 5. The van der Waals surface area contributed by atoms with Gasteiger partial charge in [0.2, 0.25) is 15.9 Å². The van der Waals surface area contributed by atoms with Crippen molar-refractivity contribution < 1.29 is 17.6 Å².